The topological polar surface area (TPSA) is 153 Å². The van der Waals surface area contributed by atoms with Gasteiger partial charge >= 0.3 is 0 Å². The molecule has 0 aliphatic carbocycles. The minimum atomic E-state index is -1.15. The molecule has 61 heavy (non-hydrogen) atoms. The molecule has 2 bridgehead atoms. The van der Waals surface area contributed by atoms with Crippen LogP contribution >= 0.6 is 22.9 Å². The molecule has 4 saturated heterocycles. The second-order valence-electron chi connectivity index (χ2n) is 17.2. The number of anilines is 1. The Hall–Kier alpha value is -5.32. The minimum absolute atomic E-state index is 0.00635. The molecule has 4 atom stereocenters. The number of nitrogens with one attached hydrogen (secondary N) is 1. The number of aryl methyl sites for hydroxylation is 2. The summed E-state index contributed by atoms with van der Waals surface area (Å²) in [4.78, 5) is 79.1. The number of nitrogens with zero attached hydrogens (tertiary/aromatic N) is 8. The highest BCUT2D eigenvalue weighted by atomic mass is 35.5. The second-order valence-corrected chi connectivity index (χ2v) is 18.9. The van der Waals surface area contributed by atoms with Crippen LogP contribution in [0.4, 0.5) is 10.1 Å². The van der Waals surface area contributed by atoms with Crippen molar-refractivity contribution in [2.75, 3.05) is 37.6 Å². The van der Waals surface area contributed by atoms with Gasteiger partial charge in [0.1, 0.15) is 28.7 Å². The standard InChI is InChI=1S/C44H45ClFN9O5S/c1-22-23(2)61-44-37(22)39(26-4-6-27(45)7-5-26)47-33(40-50-49-24(3)53(40)44)18-36(57)52-14-12-25(13-15-52)19-51-20-28-8-9-29(21-51)54(28)30-16-31-38(32(46)17-30)43(60)55(42(31)59)34-10-11-35(56)48-41(34)58/h4-7,16-17,25,28-29,33-34H,8-15,18-21H2,1-3H3,(H,48,56,58)/t28?,29?,33-,34?/m0/s1. The number of aromatic nitrogens is 3. The molecule has 4 fully saturated rings. The lowest BCUT2D eigenvalue weighted by atomic mass is 9.95. The van der Waals surface area contributed by atoms with Gasteiger partial charge in [-0.2, -0.15) is 0 Å². The molecular formula is C44H45ClFN9O5S. The average Bonchev–Trinajstić information content (AvgIpc) is 3.89. The van der Waals surface area contributed by atoms with E-state index in [-0.39, 0.29) is 48.4 Å². The van der Waals surface area contributed by atoms with E-state index < -0.39 is 41.5 Å². The highest BCUT2D eigenvalue weighted by molar-refractivity contribution is 7.15. The molecule has 0 saturated carbocycles. The molecule has 0 radical (unpaired) electrons. The number of likely N-dealkylation sites (tertiary alicyclic amines) is 2. The van der Waals surface area contributed by atoms with E-state index in [4.69, 9.17) is 16.6 Å². The molecule has 6 aliphatic heterocycles. The number of amides is 5. The van der Waals surface area contributed by atoms with E-state index in [2.05, 4.69) is 43.7 Å². The van der Waals surface area contributed by atoms with Gasteiger partial charge in [-0.3, -0.25) is 48.6 Å². The highest BCUT2D eigenvalue weighted by Gasteiger charge is 2.48. The molecule has 5 amide bonds. The van der Waals surface area contributed by atoms with E-state index in [1.165, 1.54) is 10.9 Å². The molecule has 1 N–H and O–H groups in total. The second kappa shape index (κ2) is 15.2. The van der Waals surface area contributed by atoms with E-state index in [0.717, 1.165) is 83.4 Å². The van der Waals surface area contributed by atoms with Gasteiger partial charge in [0.2, 0.25) is 17.7 Å². The molecule has 4 aromatic rings. The third-order valence-corrected chi connectivity index (χ3v) is 15.0. The zero-order chi connectivity index (χ0) is 42.4. The lowest BCUT2D eigenvalue weighted by Crippen LogP contribution is -2.55. The number of piperazine rings is 1. The van der Waals surface area contributed by atoms with Crippen LogP contribution in [0.15, 0.2) is 41.4 Å². The minimum Gasteiger partial charge on any atom is -0.363 e. The summed E-state index contributed by atoms with van der Waals surface area (Å²) < 4.78 is 17.8. The molecule has 2 aromatic heterocycles. The van der Waals surface area contributed by atoms with E-state index in [9.17, 15) is 24.0 Å². The summed E-state index contributed by atoms with van der Waals surface area (Å²) in [6.45, 7) is 9.93. The molecule has 3 unspecified atom stereocenters. The molecule has 10 rings (SSSR count). The summed E-state index contributed by atoms with van der Waals surface area (Å²) in [5.41, 5.74) is 4.13. The fraction of sp³-hybridized carbons (Fsp3) is 0.455. The quantitative estimate of drug-likeness (QED) is 0.243. The lowest BCUT2D eigenvalue weighted by molar-refractivity contribution is -0.136. The van der Waals surface area contributed by atoms with Crippen molar-refractivity contribution >= 4 is 63.9 Å². The van der Waals surface area contributed by atoms with Crippen molar-refractivity contribution in [1.82, 2.24) is 34.8 Å². The van der Waals surface area contributed by atoms with E-state index in [1.54, 1.807) is 17.4 Å². The fourth-order valence-electron chi connectivity index (χ4n) is 10.4. The SMILES string of the molecule is Cc1sc2c(c1C)C(c1ccc(Cl)cc1)=N[C@@H](CC(=O)N1CCC(CN3CC4CCC(C3)N4c3cc(F)c4c(c3)C(=O)N(C3CCC(=O)NC3=O)C4=O)CC1)c1nnc(C)n1-2. The Kier molecular flexibility index (Phi) is 9.94. The predicted molar refractivity (Wildman–Crippen MR) is 226 cm³/mol. The molecular weight excluding hydrogens is 821 g/mol. The van der Waals surface area contributed by atoms with E-state index >= 15 is 4.39 Å². The van der Waals surface area contributed by atoms with Gasteiger partial charge in [0.05, 0.1) is 23.3 Å². The summed E-state index contributed by atoms with van der Waals surface area (Å²) in [7, 11) is 0. The van der Waals surface area contributed by atoms with Crippen LogP contribution in [0.2, 0.25) is 5.02 Å². The molecule has 6 aliphatic rings. The number of halogens is 2. The monoisotopic (exact) mass is 865 g/mol. The Morgan fingerprint density at radius 2 is 1.64 bits per heavy atom. The number of fused-ring (bicyclic) bond motifs is 6. The number of carbonyl (C=O) groups excluding carboxylic acids is 5. The Morgan fingerprint density at radius 1 is 0.918 bits per heavy atom. The van der Waals surface area contributed by atoms with E-state index in [0.29, 0.717) is 35.5 Å². The first-order valence-corrected chi connectivity index (χ1v) is 22.2. The van der Waals surface area contributed by atoms with Crippen molar-refractivity contribution in [3.8, 4) is 5.00 Å². The first-order valence-electron chi connectivity index (χ1n) is 21.0. The summed E-state index contributed by atoms with van der Waals surface area (Å²) >= 11 is 7.97. The summed E-state index contributed by atoms with van der Waals surface area (Å²) in [5, 5.41) is 12.9. The van der Waals surface area contributed by atoms with Crippen molar-refractivity contribution in [2.45, 2.75) is 89.9 Å². The molecule has 316 valence electrons. The number of thiophene rings is 1. The molecule has 17 heteroatoms. The van der Waals surface area contributed by atoms with Crippen molar-refractivity contribution in [1.29, 1.82) is 0 Å². The largest absolute Gasteiger partial charge is 0.363 e. The van der Waals surface area contributed by atoms with Gasteiger partial charge in [0, 0.05) is 77.9 Å². The fourth-order valence-corrected chi connectivity index (χ4v) is 11.7. The first-order chi connectivity index (χ1) is 29.3. The number of hydrogen-bond donors (Lipinski definition) is 1. The van der Waals surface area contributed by atoms with Crippen molar-refractivity contribution in [2.24, 2.45) is 10.9 Å². The van der Waals surface area contributed by atoms with Crippen LogP contribution < -0.4 is 10.2 Å². The van der Waals surface area contributed by atoms with Crippen LogP contribution in [0.25, 0.3) is 5.00 Å². The Balaban J connectivity index is 0.792. The van der Waals surface area contributed by atoms with Gasteiger partial charge in [-0.05, 0) is 88.6 Å². The molecule has 2 aromatic carbocycles. The molecule has 14 nitrogen and oxygen atoms in total. The van der Waals surface area contributed by atoms with Crippen LogP contribution in [0, 0.1) is 32.5 Å². The number of hydrogen-bond acceptors (Lipinski definition) is 11. The van der Waals surface area contributed by atoms with Crippen LogP contribution in [0.1, 0.15) is 105 Å². The maximum atomic E-state index is 15.7. The van der Waals surface area contributed by atoms with Crippen LogP contribution in [0.3, 0.4) is 0 Å². The number of rotatable bonds is 7. The third-order valence-electron chi connectivity index (χ3n) is 13.5. The van der Waals surface area contributed by atoms with Gasteiger partial charge in [-0.15, -0.1) is 21.5 Å². The van der Waals surface area contributed by atoms with Crippen LogP contribution in [-0.2, 0) is 14.4 Å². The summed E-state index contributed by atoms with van der Waals surface area (Å²) in [5.74, 6) is -1.66. The van der Waals surface area contributed by atoms with Gasteiger partial charge in [-0.1, -0.05) is 23.7 Å². The third kappa shape index (κ3) is 6.77. The first kappa shape index (κ1) is 39.8. The maximum Gasteiger partial charge on any atom is 0.265 e. The number of aliphatic imine (C=N–C) groups is 1. The zero-order valence-electron chi connectivity index (χ0n) is 34.1. The van der Waals surface area contributed by atoms with Crippen LogP contribution in [-0.4, -0.2) is 116 Å². The Labute approximate surface area is 360 Å². The smallest absolute Gasteiger partial charge is 0.265 e. The predicted octanol–water partition coefficient (Wildman–Crippen LogP) is 5.32. The van der Waals surface area contributed by atoms with Gasteiger partial charge in [0.15, 0.2) is 5.82 Å². The number of carbonyl (C=O) groups is 5. The summed E-state index contributed by atoms with van der Waals surface area (Å²) in [6, 6.07) is 9.16. The average molecular weight is 866 g/mol. The maximum absolute atomic E-state index is 15.7. The summed E-state index contributed by atoms with van der Waals surface area (Å²) in [6.07, 6.45) is 3.79. The molecule has 8 heterocycles. The normalized spacial score (nSPS) is 24.1. The van der Waals surface area contributed by atoms with Gasteiger partial charge in [-0.25, -0.2) is 4.39 Å². The number of imide groups is 2. The zero-order valence-corrected chi connectivity index (χ0v) is 35.7. The van der Waals surface area contributed by atoms with E-state index in [1.807, 2.05) is 36.1 Å². The van der Waals surface area contributed by atoms with Crippen molar-refractivity contribution in [3.63, 3.8) is 0 Å². The molecule has 0 spiro atoms. The van der Waals surface area contributed by atoms with Gasteiger partial charge in [0.25, 0.3) is 11.8 Å². The van der Waals surface area contributed by atoms with Gasteiger partial charge < -0.3 is 9.80 Å². The highest BCUT2D eigenvalue weighted by Crippen LogP contribution is 2.42. The Bertz CT molecular complexity index is 2550. The lowest BCUT2D eigenvalue weighted by Gasteiger charge is -2.44. The number of piperidine rings is 2. The van der Waals surface area contributed by atoms with Crippen molar-refractivity contribution in [3.05, 3.63) is 91.6 Å². The van der Waals surface area contributed by atoms with Crippen molar-refractivity contribution < 1.29 is 28.4 Å². The van der Waals surface area contributed by atoms with Crippen LogP contribution in [0.5, 0.6) is 0 Å². The Morgan fingerprint density at radius 3 is 2.34 bits per heavy atom. The number of benzene rings is 2.